The predicted octanol–water partition coefficient (Wildman–Crippen LogP) is 4.96. The van der Waals surface area contributed by atoms with E-state index >= 15 is 0 Å². The fraction of sp³-hybridized carbons (Fsp3) is 0.150. The molecule has 0 radical (unpaired) electrons. The lowest BCUT2D eigenvalue weighted by Gasteiger charge is -2.11. The maximum absolute atomic E-state index is 5.36. The van der Waals surface area contributed by atoms with Crippen molar-refractivity contribution in [2.75, 3.05) is 19.5 Å². The van der Waals surface area contributed by atoms with E-state index in [2.05, 4.69) is 21.4 Å². The fourth-order valence-electron chi connectivity index (χ4n) is 2.75. The number of nitrogens with one attached hydrogen (secondary N) is 1. The average molecular weight is 411 g/mol. The first-order valence-electron chi connectivity index (χ1n) is 8.54. The maximum atomic E-state index is 5.36. The SMILES string of the molecule is COc1ccc(CNc2ncc(-c3cccs3)c(-c3nccs3)n2)cc1OC. The van der Waals surface area contributed by atoms with E-state index in [9.17, 15) is 0 Å². The summed E-state index contributed by atoms with van der Waals surface area (Å²) in [6.07, 6.45) is 3.64. The van der Waals surface area contributed by atoms with E-state index in [1.807, 2.05) is 41.2 Å². The van der Waals surface area contributed by atoms with Gasteiger partial charge in [0.25, 0.3) is 0 Å². The van der Waals surface area contributed by atoms with Gasteiger partial charge in [-0.2, -0.15) is 0 Å². The van der Waals surface area contributed by atoms with Gasteiger partial charge in [-0.1, -0.05) is 12.1 Å². The summed E-state index contributed by atoms with van der Waals surface area (Å²) in [5.41, 5.74) is 2.86. The van der Waals surface area contributed by atoms with Crippen LogP contribution in [0.15, 0.2) is 53.5 Å². The van der Waals surface area contributed by atoms with Crippen LogP contribution >= 0.6 is 22.7 Å². The van der Waals surface area contributed by atoms with Crippen molar-refractivity contribution in [1.82, 2.24) is 15.0 Å². The van der Waals surface area contributed by atoms with Gasteiger partial charge in [-0.3, -0.25) is 0 Å². The van der Waals surface area contributed by atoms with Crippen LogP contribution in [0.1, 0.15) is 5.56 Å². The van der Waals surface area contributed by atoms with Crippen LogP contribution < -0.4 is 14.8 Å². The molecule has 4 rings (SSSR count). The van der Waals surface area contributed by atoms with E-state index in [0.717, 1.165) is 26.7 Å². The zero-order valence-electron chi connectivity index (χ0n) is 15.4. The van der Waals surface area contributed by atoms with Gasteiger partial charge in [-0.25, -0.2) is 15.0 Å². The van der Waals surface area contributed by atoms with Gasteiger partial charge in [0.15, 0.2) is 11.5 Å². The van der Waals surface area contributed by atoms with Crippen molar-refractivity contribution in [1.29, 1.82) is 0 Å². The summed E-state index contributed by atoms with van der Waals surface area (Å²) in [5, 5.41) is 8.16. The largest absolute Gasteiger partial charge is 0.493 e. The highest BCUT2D eigenvalue weighted by molar-refractivity contribution is 7.14. The molecule has 142 valence electrons. The van der Waals surface area contributed by atoms with Gasteiger partial charge in [-0.15, -0.1) is 22.7 Å². The van der Waals surface area contributed by atoms with Crippen LogP contribution in [0.5, 0.6) is 11.5 Å². The van der Waals surface area contributed by atoms with Crippen molar-refractivity contribution < 1.29 is 9.47 Å². The van der Waals surface area contributed by atoms with Crippen LogP contribution in [-0.2, 0) is 6.54 Å². The molecule has 0 aliphatic rings. The highest BCUT2D eigenvalue weighted by Crippen LogP contribution is 2.34. The van der Waals surface area contributed by atoms with Crippen LogP contribution in [0, 0.1) is 0 Å². The van der Waals surface area contributed by atoms with Crippen LogP contribution in [-0.4, -0.2) is 29.2 Å². The van der Waals surface area contributed by atoms with E-state index in [-0.39, 0.29) is 0 Å². The second-order valence-corrected chi connectivity index (χ2v) is 7.66. The van der Waals surface area contributed by atoms with Crippen LogP contribution in [0.25, 0.3) is 21.1 Å². The average Bonchev–Trinajstić information content (AvgIpc) is 3.46. The van der Waals surface area contributed by atoms with Gasteiger partial charge < -0.3 is 14.8 Å². The maximum Gasteiger partial charge on any atom is 0.223 e. The van der Waals surface area contributed by atoms with Crippen molar-refractivity contribution in [3.8, 4) is 32.6 Å². The Morgan fingerprint density at radius 2 is 1.89 bits per heavy atom. The molecular formula is C20H18N4O2S2. The number of nitrogens with zero attached hydrogens (tertiary/aromatic N) is 3. The van der Waals surface area contributed by atoms with Gasteiger partial charge >= 0.3 is 0 Å². The fourth-order valence-corrected chi connectivity index (χ4v) is 4.13. The first-order chi connectivity index (χ1) is 13.8. The third-order valence-corrected chi connectivity index (χ3v) is 5.79. The number of benzene rings is 1. The van der Waals surface area contributed by atoms with Crippen LogP contribution in [0.2, 0.25) is 0 Å². The topological polar surface area (TPSA) is 69.2 Å². The zero-order valence-corrected chi connectivity index (χ0v) is 17.0. The number of hydrogen-bond donors (Lipinski definition) is 1. The molecule has 28 heavy (non-hydrogen) atoms. The number of hydrogen-bond acceptors (Lipinski definition) is 8. The Balaban J connectivity index is 1.60. The molecule has 4 aromatic rings. The molecule has 6 nitrogen and oxygen atoms in total. The van der Waals surface area contributed by atoms with Crippen molar-refractivity contribution in [2.24, 2.45) is 0 Å². The smallest absolute Gasteiger partial charge is 0.223 e. The van der Waals surface area contributed by atoms with E-state index in [4.69, 9.17) is 14.5 Å². The van der Waals surface area contributed by atoms with E-state index in [1.165, 1.54) is 0 Å². The molecule has 1 aromatic carbocycles. The summed E-state index contributed by atoms with van der Waals surface area (Å²) >= 11 is 3.23. The molecular weight excluding hydrogens is 392 g/mol. The zero-order chi connectivity index (χ0) is 19.3. The highest BCUT2D eigenvalue weighted by Gasteiger charge is 2.14. The first-order valence-corrected chi connectivity index (χ1v) is 10.3. The summed E-state index contributed by atoms with van der Waals surface area (Å²) < 4.78 is 10.6. The van der Waals surface area contributed by atoms with Crippen molar-refractivity contribution in [3.05, 3.63) is 59.0 Å². The molecule has 3 aromatic heterocycles. The second-order valence-electron chi connectivity index (χ2n) is 5.81. The number of methoxy groups -OCH3 is 2. The van der Waals surface area contributed by atoms with Crippen LogP contribution in [0.3, 0.4) is 0 Å². The summed E-state index contributed by atoms with van der Waals surface area (Å²) in [7, 11) is 3.25. The summed E-state index contributed by atoms with van der Waals surface area (Å²) in [6.45, 7) is 0.565. The monoisotopic (exact) mass is 410 g/mol. The van der Waals surface area contributed by atoms with Gasteiger partial charge in [0, 0.05) is 34.8 Å². The van der Waals surface area contributed by atoms with E-state index < -0.39 is 0 Å². The molecule has 0 amide bonds. The van der Waals surface area contributed by atoms with E-state index in [1.54, 1.807) is 43.1 Å². The Bertz CT molecular complexity index is 1050. The minimum atomic E-state index is 0.556. The Morgan fingerprint density at radius 3 is 2.61 bits per heavy atom. The molecule has 0 spiro atoms. The first kappa shape index (κ1) is 18.4. The predicted molar refractivity (Wildman–Crippen MR) is 113 cm³/mol. The summed E-state index contributed by atoms with van der Waals surface area (Å²) in [5.74, 6) is 1.95. The van der Waals surface area contributed by atoms with Crippen LogP contribution in [0.4, 0.5) is 5.95 Å². The molecule has 0 bridgehead atoms. The van der Waals surface area contributed by atoms with Gasteiger partial charge in [0.1, 0.15) is 10.7 Å². The second kappa shape index (κ2) is 8.37. The Morgan fingerprint density at radius 1 is 1.00 bits per heavy atom. The third kappa shape index (κ3) is 3.83. The molecule has 0 aliphatic heterocycles. The Labute approximate surface area is 170 Å². The van der Waals surface area contributed by atoms with Gasteiger partial charge in [0.05, 0.1) is 14.2 Å². The third-order valence-electron chi connectivity index (χ3n) is 4.11. The molecule has 3 heterocycles. The molecule has 0 atom stereocenters. The quantitative estimate of drug-likeness (QED) is 0.464. The standard InChI is InChI=1S/C20H18N4O2S2/c1-25-15-6-5-13(10-16(15)26-2)11-22-20-23-12-14(17-4-3-8-27-17)18(24-20)19-21-7-9-28-19/h3-10,12H,11H2,1-2H3,(H,22,23,24). The summed E-state index contributed by atoms with van der Waals surface area (Å²) in [4.78, 5) is 14.8. The molecule has 0 saturated carbocycles. The minimum absolute atomic E-state index is 0.556. The number of anilines is 1. The number of ether oxygens (including phenoxy) is 2. The van der Waals surface area contributed by atoms with Gasteiger partial charge in [0.2, 0.25) is 5.95 Å². The molecule has 0 saturated heterocycles. The summed E-state index contributed by atoms with van der Waals surface area (Å²) in [6, 6.07) is 9.90. The number of aromatic nitrogens is 3. The van der Waals surface area contributed by atoms with E-state index in [0.29, 0.717) is 24.0 Å². The molecule has 0 aliphatic carbocycles. The molecule has 1 N–H and O–H groups in total. The molecule has 0 fully saturated rings. The lowest BCUT2D eigenvalue weighted by molar-refractivity contribution is 0.354. The normalized spacial score (nSPS) is 10.6. The van der Waals surface area contributed by atoms with Crippen molar-refractivity contribution in [2.45, 2.75) is 6.54 Å². The molecule has 8 heteroatoms. The highest BCUT2D eigenvalue weighted by atomic mass is 32.1. The lowest BCUT2D eigenvalue weighted by Crippen LogP contribution is -2.05. The van der Waals surface area contributed by atoms with Gasteiger partial charge in [-0.05, 0) is 29.1 Å². The Hall–Kier alpha value is -2.97. The minimum Gasteiger partial charge on any atom is -0.493 e. The number of thiazole rings is 1. The number of rotatable bonds is 7. The lowest BCUT2D eigenvalue weighted by atomic mass is 10.2. The van der Waals surface area contributed by atoms with Crippen molar-refractivity contribution in [3.63, 3.8) is 0 Å². The Kier molecular flexibility index (Phi) is 5.50. The molecule has 0 unspecified atom stereocenters. The van der Waals surface area contributed by atoms with Crippen molar-refractivity contribution >= 4 is 28.6 Å². The number of thiophene rings is 1.